The van der Waals surface area contributed by atoms with E-state index in [-0.39, 0.29) is 11.2 Å². The van der Waals surface area contributed by atoms with Crippen LogP contribution in [0.15, 0.2) is 58.2 Å². The van der Waals surface area contributed by atoms with E-state index in [4.69, 9.17) is 5.73 Å². The highest BCUT2D eigenvalue weighted by Gasteiger charge is 2.22. The van der Waals surface area contributed by atoms with E-state index in [9.17, 15) is 4.79 Å². The van der Waals surface area contributed by atoms with Crippen molar-refractivity contribution >= 4 is 45.0 Å². The molecule has 0 fully saturated rings. The number of hydrogen-bond donors (Lipinski definition) is 2. The van der Waals surface area contributed by atoms with Crippen LogP contribution in [-0.4, -0.2) is 25.9 Å². The Kier molecular flexibility index (Phi) is 6.18. The molecule has 1 amide bonds. The van der Waals surface area contributed by atoms with Crippen LogP contribution in [0.4, 0.5) is 11.4 Å². The summed E-state index contributed by atoms with van der Waals surface area (Å²) in [5.41, 5.74) is 8.19. The third kappa shape index (κ3) is 4.70. The Labute approximate surface area is 170 Å². The predicted molar refractivity (Wildman–Crippen MR) is 114 cm³/mol. The number of hydrogen-bond acceptors (Lipinski definition) is 5. The number of benzene rings is 2. The zero-order valence-electron chi connectivity index (χ0n) is 15.0. The number of nitrogens with two attached hydrogens (primary N) is 1. The van der Waals surface area contributed by atoms with Crippen LogP contribution < -0.4 is 11.1 Å². The number of amides is 1. The lowest BCUT2D eigenvalue weighted by molar-refractivity contribution is -0.115. The first-order valence-electron chi connectivity index (χ1n) is 8.46. The van der Waals surface area contributed by atoms with Gasteiger partial charge in [0.05, 0.1) is 5.25 Å². The Morgan fingerprint density at radius 1 is 1.26 bits per heavy atom. The van der Waals surface area contributed by atoms with E-state index in [1.165, 1.54) is 11.8 Å². The zero-order valence-corrected chi connectivity index (χ0v) is 17.4. The first kappa shape index (κ1) is 19.4. The molecule has 0 saturated heterocycles. The maximum atomic E-state index is 12.6. The number of aromatic nitrogens is 3. The van der Waals surface area contributed by atoms with E-state index >= 15 is 0 Å². The van der Waals surface area contributed by atoms with Gasteiger partial charge in [0, 0.05) is 28.5 Å². The van der Waals surface area contributed by atoms with Crippen LogP contribution in [-0.2, 0) is 11.8 Å². The number of carbonyl (C=O) groups is 1. The lowest BCUT2D eigenvalue weighted by Crippen LogP contribution is -2.25. The number of thioether (sulfide) groups is 1. The second-order valence-electron chi connectivity index (χ2n) is 6.00. The highest BCUT2D eigenvalue weighted by Crippen LogP contribution is 2.28. The molecule has 2 aromatic carbocycles. The van der Waals surface area contributed by atoms with Gasteiger partial charge in [-0.3, -0.25) is 4.79 Å². The van der Waals surface area contributed by atoms with Crippen molar-refractivity contribution < 1.29 is 4.79 Å². The molecule has 8 heteroatoms. The van der Waals surface area contributed by atoms with Crippen LogP contribution in [0.25, 0.3) is 11.4 Å². The Morgan fingerprint density at radius 2 is 2.00 bits per heavy atom. The van der Waals surface area contributed by atoms with Crippen molar-refractivity contribution in [2.24, 2.45) is 7.05 Å². The Morgan fingerprint density at radius 3 is 2.67 bits per heavy atom. The monoisotopic (exact) mass is 445 g/mol. The number of carbonyl (C=O) groups excluding carboxylic acids is 1. The Bertz CT molecular complexity index is 942. The SMILES string of the molecule is CCC(Sc1nnc(-c2cccc(N)c2)n1C)C(=O)Nc1ccc(Br)cc1. The van der Waals surface area contributed by atoms with E-state index in [0.717, 1.165) is 15.7 Å². The number of nitrogens with one attached hydrogen (secondary N) is 1. The van der Waals surface area contributed by atoms with Gasteiger partial charge in [-0.2, -0.15) is 0 Å². The average Bonchev–Trinajstić information content (AvgIpc) is 3.02. The fourth-order valence-corrected chi connectivity index (χ4v) is 3.74. The van der Waals surface area contributed by atoms with Gasteiger partial charge < -0.3 is 15.6 Å². The summed E-state index contributed by atoms with van der Waals surface area (Å²) in [6, 6.07) is 15.0. The van der Waals surface area contributed by atoms with Gasteiger partial charge in [0.25, 0.3) is 0 Å². The van der Waals surface area contributed by atoms with Gasteiger partial charge in [0.2, 0.25) is 5.91 Å². The van der Waals surface area contributed by atoms with Gasteiger partial charge in [-0.15, -0.1) is 10.2 Å². The summed E-state index contributed by atoms with van der Waals surface area (Å²) >= 11 is 4.79. The zero-order chi connectivity index (χ0) is 19.4. The largest absolute Gasteiger partial charge is 0.399 e. The lowest BCUT2D eigenvalue weighted by atomic mass is 10.2. The highest BCUT2D eigenvalue weighted by atomic mass is 79.9. The summed E-state index contributed by atoms with van der Waals surface area (Å²) in [7, 11) is 1.89. The van der Waals surface area contributed by atoms with Crippen LogP contribution in [0.1, 0.15) is 13.3 Å². The van der Waals surface area contributed by atoms with Crippen LogP contribution in [0.2, 0.25) is 0 Å². The van der Waals surface area contributed by atoms with Gasteiger partial charge in [0.15, 0.2) is 11.0 Å². The van der Waals surface area contributed by atoms with Crippen LogP contribution in [0.5, 0.6) is 0 Å². The minimum absolute atomic E-state index is 0.0571. The van der Waals surface area contributed by atoms with Gasteiger partial charge >= 0.3 is 0 Å². The molecule has 3 rings (SSSR count). The summed E-state index contributed by atoms with van der Waals surface area (Å²) in [5, 5.41) is 11.9. The molecule has 1 unspecified atom stereocenters. The minimum atomic E-state index is -0.273. The molecule has 0 radical (unpaired) electrons. The molecule has 0 saturated carbocycles. The number of nitrogen functional groups attached to an aromatic ring is 1. The predicted octanol–water partition coefficient (Wildman–Crippen LogP) is 4.34. The number of anilines is 2. The molecule has 1 heterocycles. The van der Waals surface area contributed by atoms with Crippen LogP contribution in [0.3, 0.4) is 0 Å². The second kappa shape index (κ2) is 8.58. The van der Waals surface area contributed by atoms with Gasteiger partial charge in [-0.05, 0) is 42.8 Å². The normalized spacial score (nSPS) is 12.0. The van der Waals surface area contributed by atoms with E-state index in [1.54, 1.807) is 0 Å². The van der Waals surface area contributed by atoms with Crippen molar-refractivity contribution in [2.45, 2.75) is 23.8 Å². The maximum Gasteiger partial charge on any atom is 0.237 e. The molecular formula is C19H20BrN5OS. The van der Waals surface area contributed by atoms with E-state index < -0.39 is 0 Å². The molecule has 27 heavy (non-hydrogen) atoms. The topological polar surface area (TPSA) is 85.8 Å². The molecule has 3 N–H and O–H groups in total. The molecule has 140 valence electrons. The molecule has 0 spiro atoms. The first-order chi connectivity index (χ1) is 13.0. The van der Waals surface area contributed by atoms with Gasteiger partial charge in [0.1, 0.15) is 0 Å². The second-order valence-corrected chi connectivity index (χ2v) is 8.09. The standard InChI is InChI=1S/C19H20BrN5OS/c1-3-16(18(26)22-15-9-7-13(20)8-10-15)27-19-24-23-17(25(19)2)12-5-4-6-14(21)11-12/h4-11,16H,3,21H2,1-2H3,(H,22,26). The summed E-state index contributed by atoms with van der Waals surface area (Å²) in [6.45, 7) is 1.98. The number of halogens is 1. The average molecular weight is 446 g/mol. The first-order valence-corrected chi connectivity index (χ1v) is 10.1. The van der Waals surface area contributed by atoms with E-state index in [2.05, 4.69) is 31.4 Å². The third-order valence-electron chi connectivity index (χ3n) is 4.00. The van der Waals surface area contributed by atoms with Crippen molar-refractivity contribution in [3.05, 3.63) is 53.0 Å². The fourth-order valence-electron chi connectivity index (χ4n) is 2.55. The van der Waals surface area contributed by atoms with Crippen molar-refractivity contribution in [3.8, 4) is 11.4 Å². The minimum Gasteiger partial charge on any atom is -0.399 e. The summed E-state index contributed by atoms with van der Waals surface area (Å²) < 4.78 is 2.85. The highest BCUT2D eigenvalue weighted by molar-refractivity contribution is 9.10. The van der Waals surface area contributed by atoms with Crippen molar-refractivity contribution in [3.63, 3.8) is 0 Å². The molecule has 0 aliphatic rings. The lowest BCUT2D eigenvalue weighted by Gasteiger charge is -2.14. The molecule has 1 aromatic heterocycles. The summed E-state index contributed by atoms with van der Waals surface area (Å²) in [4.78, 5) is 12.6. The Hall–Kier alpha value is -2.32. The van der Waals surface area contributed by atoms with Crippen molar-refractivity contribution in [2.75, 3.05) is 11.1 Å². The van der Waals surface area contributed by atoms with Crippen LogP contribution in [0, 0.1) is 0 Å². The molecule has 0 bridgehead atoms. The maximum absolute atomic E-state index is 12.6. The Balaban J connectivity index is 1.74. The van der Waals surface area contributed by atoms with Gasteiger partial charge in [-0.25, -0.2) is 0 Å². The smallest absolute Gasteiger partial charge is 0.237 e. The third-order valence-corrected chi connectivity index (χ3v) is 5.93. The molecule has 0 aliphatic heterocycles. The molecule has 0 aliphatic carbocycles. The fraction of sp³-hybridized carbons (Fsp3) is 0.211. The molecule has 6 nitrogen and oxygen atoms in total. The molecule has 1 atom stereocenters. The summed E-state index contributed by atoms with van der Waals surface area (Å²) in [6.07, 6.45) is 0.674. The number of nitrogens with zero attached hydrogens (tertiary/aromatic N) is 3. The van der Waals surface area contributed by atoms with Gasteiger partial charge in [-0.1, -0.05) is 46.7 Å². The molecule has 3 aromatic rings. The van der Waals surface area contributed by atoms with E-state index in [1.807, 2.05) is 67.1 Å². The van der Waals surface area contributed by atoms with Crippen LogP contribution >= 0.6 is 27.7 Å². The summed E-state index contributed by atoms with van der Waals surface area (Å²) in [5.74, 6) is 0.659. The number of rotatable bonds is 6. The van der Waals surface area contributed by atoms with Crippen molar-refractivity contribution in [1.29, 1.82) is 0 Å². The van der Waals surface area contributed by atoms with Crippen molar-refractivity contribution in [1.82, 2.24) is 14.8 Å². The quantitative estimate of drug-likeness (QED) is 0.435. The molecular weight excluding hydrogens is 426 g/mol. The van der Waals surface area contributed by atoms with E-state index in [0.29, 0.717) is 23.1 Å².